The molecule has 4 aromatic rings. The van der Waals surface area contributed by atoms with Crippen LogP contribution in [0.1, 0.15) is 17.3 Å². The van der Waals surface area contributed by atoms with Gasteiger partial charge in [-0.2, -0.15) is 5.10 Å². The van der Waals surface area contributed by atoms with Crippen molar-refractivity contribution in [2.24, 2.45) is 5.10 Å². The van der Waals surface area contributed by atoms with Crippen molar-refractivity contribution in [1.82, 2.24) is 10.2 Å². The second kappa shape index (κ2) is 10.4. The van der Waals surface area contributed by atoms with Crippen LogP contribution in [0, 0.1) is 0 Å². The topological polar surface area (TPSA) is 89.6 Å². The SMILES string of the molecule is CCOc1ccc(N/N=C(/Sc2nnc(-c3ccccc3)o2)C(=O)c2ccccc2)cc1. The van der Waals surface area contributed by atoms with Crippen molar-refractivity contribution in [3.63, 3.8) is 0 Å². The molecular formula is C24H20N4O3S. The van der Waals surface area contributed by atoms with Crippen LogP contribution in [0.5, 0.6) is 5.75 Å². The Morgan fingerprint density at radius 3 is 2.34 bits per heavy atom. The zero-order chi connectivity index (χ0) is 22.2. The Balaban J connectivity index is 1.57. The molecule has 160 valence electrons. The van der Waals surface area contributed by atoms with Gasteiger partial charge in [-0.1, -0.05) is 48.5 Å². The molecule has 0 aliphatic heterocycles. The zero-order valence-corrected chi connectivity index (χ0v) is 18.1. The molecule has 0 spiro atoms. The van der Waals surface area contributed by atoms with E-state index in [-0.39, 0.29) is 16.0 Å². The maximum absolute atomic E-state index is 13.1. The molecule has 0 saturated heterocycles. The van der Waals surface area contributed by atoms with Gasteiger partial charge in [0, 0.05) is 11.1 Å². The predicted octanol–water partition coefficient (Wildman–Crippen LogP) is 5.54. The Hall–Kier alpha value is -3.91. The first-order valence-corrected chi connectivity index (χ1v) is 10.8. The summed E-state index contributed by atoms with van der Waals surface area (Å²) in [5.41, 5.74) is 4.94. The number of benzene rings is 3. The number of Topliss-reactive ketones (excluding diaryl/α,β-unsaturated/α-hetero) is 1. The highest BCUT2D eigenvalue weighted by Crippen LogP contribution is 2.25. The van der Waals surface area contributed by atoms with E-state index in [4.69, 9.17) is 9.15 Å². The molecule has 4 rings (SSSR count). The van der Waals surface area contributed by atoms with E-state index in [2.05, 4.69) is 20.7 Å². The summed E-state index contributed by atoms with van der Waals surface area (Å²) in [6.07, 6.45) is 0. The summed E-state index contributed by atoms with van der Waals surface area (Å²) < 4.78 is 11.2. The van der Waals surface area contributed by atoms with Crippen molar-refractivity contribution in [3.05, 3.63) is 90.5 Å². The van der Waals surface area contributed by atoms with Crippen LogP contribution in [0.25, 0.3) is 11.5 Å². The number of carbonyl (C=O) groups is 1. The molecule has 7 nitrogen and oxygen atoms in total. The number of thioether (sulfide) groups is 1. The minimum absolute atomic E-state index is 0.174. The quantitative estimate of drug-likeness (QED) is 0.126. The van der Waals surface area contributed by atoms with E-state index in [1.54, 1.807) is 24.3 Å². The van der Waals surface area contributed by atoms with Gasteiger partial charge in [0.25, 0.3) is 5.22 Å². The average molecular weight is 445 g/mol. The van der Waals surface area contributed by atoms with E-state index >= 15 is 0 Å². The first kappa shape index (κ1) is 21.3. The Morgan fingerprint density at radius 2 is 1.66 bits per heavy atom. The number of hydrogen-bond donors (Lipinski definition) is 1. The van der Waals surface area contributed by atoms with Crippen molar-refractivity contribution in [3.8, 4) is 17.2 Å². The number of ether oxygens (including phenoxy) is 1. The van der Waals surface area contributed by atoms with Crippen molar-refractivity contribution < 1.29 is 13.9 Å². The third-order valence-corrected chi connectivity index (χ3v) is 5.10. The van der Waals surface area contributed by atoms with Gasteiger partial charge in [-0.25, -0.2) is 0 Å². The Labute approximate surface area is 189 Å². The second-order valence-corrected chi connectivity index (χ2v) is 7.46. The highest BCUT2D eigenvalue weighted by molar-refractivity contribution is 8.15. The van der Waals surface area contributed by atoms with E-state index in [0.717, 1.165) is 23.1 Å². The molecule has 1 N–H and O–H groups in total. The molecule has 0 amide bonds. The minimum atomic E-state index is -0.256. The van der Waals surface area contributed by atoms with E-state index in [1.807, 2.05) is 67.6 Å². The monoisotopic (exact) mass is 444 g/mol. The van der Waals surface area contributed by atoms with E-state index in [1.165, 1.54) is 0 Å². The fraction of sp³-hybridized carbons (Fsp3) is 0.0833. The summed E-state index contributed by atoms with van der Waals surface area (Å²) in [5.74, 6) is 0.879. The van der Waals surface area contributed by atoms with E-state index in [0.29, 0.717) is 23.7 Å². The molecule has 1 heterocycles. The molecule has 0 radical (unpaired) electrons. The summed E-state index contributed by atoms with van der Waals surface area (Å²) in [4.78, 5) is 13.1. The Kier molecular flexibility index (Phi) is 6.94. The number of ketones is 1. The summed E-state index contributed by atoms with van der Waals surface area (Å²) in [6.45, 7) is 2.52. The molecular weight excluding hydrogens is 424 g/mol. The number of rotatable bonds is 8. The van der Waals surface area contributed by atoms with Gasteiger partial charge in [0.1, 0.15) is 5.75 Å². The van der Waals surface area contributed by atoms with Crippen molar-refractivity contribution in [1.29, 1.82) is 0 Å². The lowest BCUT2D eigenvalue weighted by Gasteiger charge is -2.06. The molecule has 0 fully saturated rings. The van der Waals surface area contributed by atoms with Gasteiger partial charge in [0.15, 0.2) is 5.04 Å². The van der Waals surface area contributed by atoms with Crippen molar-refractivity contribution >= 4 is 28.3 Å². The number of nitrogens with one attached hydrogen (secondary N) is 1. The Morgan fingerprint density at radius 1 is 0.969 bits per heavy atom. The number of carbonyl (C=O) groups excluding carboxylic acids is 1. The molecule has 0 aliphatic rings. The first-order chi connectivity index (χ1) is 15.7. The summed E-state index contributed by atoms with van der Waals surface area (Å²) in [6, 6.07) is 25.7. The second-order valence-electron chi connectivity index (χ2n) is 6.52. The van der Waals surface area contributed by atoms with Crippen LogP contribution < -0.4 is 10.2 Å². The van der Waals surface area contributed by atoms with Crippen LogP contribution in [0.15, 0.2) is 99.7 Å². The molecule has 0 atom stereocenters. The molecule has 0 unspecified atom stereocenters. The van der Waals surface area contributed by atoms with Crippen LogP contribution >= 0.6 is 11.8 Å². The molecule has 0 bridgehead atoms. The zero-order valence-electron chi connectivity index (χ0n) is 17.3. The van der Waals surface area contributed by atoms with Gasteiger partial charge in [-0.05, 0) is 55.1 Å². The van der Waals surface area contributed by atoms with Gasteiger partial charge >= 0.3 is 0 Å². The number of nitrogens with zero attached hydrogens (tertiary/aromatic N) is 3. The number of hydrazone groups is 1. The van der Waals surface area contributed by atoms with Gasteiger partial charge in [0.05, 0.1) is 12.3 Å². The maximum Gasteiger partial charge on any atom is 0.283 e. The van der Waals surface area contributed by atoms with Crippen LogP contribution in [0.2, 0.25) is 0 Å². The van der Waals surface area contributed by atoms with Gasteiger partial charge in [-0.15, -0.1) is 10.2 Å². The van der Waals surface area contributed by atoms with Gasteiger partial charge in [0.2, 0.25) is 11.7 Å². The van der Waals surface area contributed by atoms with E-state index < -0.39 is 0 Å². The largest absolute Gasteiger partial charge is 0.494 e. The predicted molar refractivity (Wildman–Crippen MR) is 125 cm³/mol. The summed E-state index contributed by atoms with van der Waals surface area (Å²) in [7, 11) is 0. The normalized spacial score (nSPS) is 11.2. The van der Waals surface area contributed by atoms with Crippen LogP contribution in [0.4, 0.5) is 5.69 Å². The highest BCUT2D eigenvalue weighted by atomic mass is 32.2. The molecule has 0 aliphatic carbocycles. The van der Waals surface area contributed by atoms with Crippen molar-refractivity contribution in [2.45, 2.75) is 12.1 Å². The third kappa shape index (κ3) is 5.41. The molecule has 0 saturated carbocycles. The highest BCUT2D eigenvalue weighted by Gasteiger charge is 2.20. The molecule has 1 aromatic heterocycles. The minimum Gasteiger partial charge on any atom is -0.494 e. The van der Waals surface area contributed by atoms with Crippen LogP contribution in [-0.2, 0) is 0 Å². The van der Waals surface area contributed by atoms with Crippen LogP contribution in [-0.4, -0.2) is 27.6 Å². The lowest BCUT2D eigenvalue weighted by Crippen LogP contribution is -2.13. The molecule has 32 heavy (non-hydrogen) atoms. The van der Waals surface area contributed by atoms with Gasteiger partial charge < -0.3 is 9.15 Å². The number of anilines is 1. The lowest BCUT2D eigenvalue weighted by atomic mass is 10.1. The first-order valence-electron chi connectivity index (χ1n) is 9.96. The maximum atomic E-state index is 13.1. The van der Waals surface area contributed by atoms with Gasteiger partial charge in [-0.3, -0.25) is 10.2 Å². The standard InChI is InChI=1S/C24H20N4O3S/c1-2-30-20-15-13-19(14-16-20)25-27-23(21(29)17-9-5-3-6-10-17)32-24-28-26-22(31-24)18-11-7-4-8-12-18/h3-16,25H,2H2,1H3/b27-23+. The summed E-state index contributed by atoms with van der Waals surface area (Å²) >= 11 is 1.01. The summed E-state index contributed by atoms with van der Waals surface area (Å²) in [5, 5.41) is 12.9. The number of aromatic nitrogens is 2. The van der Waals surface area contributed by atoms with Crippen molar-refractivity contribution in [2.75, 3.05) is 12.0 Å². The fourth-order valence-electron chi connectivity index (χ4n) is 2.77. The Bertz CT molecular complexity index is 1190. The lowest BCUT2D eigenvalue weighted by molar-refractivity contribution is 0.106. The number of hydrogen-bond acceptors (Lipinski definition) is 8. The molecule has 8 heteroatoms. The van der Waals surface area contributed by atoms with E-state index in [9.17, 15) is 4.79 Å². The van der Waals surface area contributed by atoms with Crippen LogP contribution in [0.3, 0.4) is 0 Å². The fourth-order valence-corrected chi connectivity index (χ4v) is 3.44. The smallest absolute Gasteiger partial charge is 0.283 e. The molecule has 3 aromatic carbocycles. The third-order valence-electron chi connectivity index (χ3n) is 4.29. The average Bonchev–Trinajstić information content (AvgIpc) is 3.32.